The first kappa shape index (κ1) is 10.9. The molecule has 1 fully saturated rings. The Morgan fingerprint density at radius 1 is 1.77 bits per heavy atom. The fourth-order valence-corrected chi connectivity index (χ4v) is 3.81. The Morgan fingerprint density at radius 3 is 2.54 bits per heavy atom. The van der Waals surface area contributed by atoms with Gasteiger partial charge < -0.3 is 5.11 Å². The van der Waals surface area contributed by atoms with Gasteiger partial charge in [0.1, 0.15) is 5.41 Å². The van der Waals surface area contributed by atoms with Crippen LogP contribution in [0.3, 0.4) is 0 Å². The molecular weight excluding hydrogens is 208 g/mol. The molecule has 0 bridgehead atoms. The maximum atomic E-state index is 11.1. The summed E-state index contributed by atoms with van der Waals surface area (Å²) in [6.07, 6.45) is 1.54. The number of hydrogen-bond donors (Lipinski definition) is 1. The number of hydrogen-bond acceptors (Lipinski definition) is 2. The molecule has 1 aliphatic carbocycles. The van der Waals surface area contributed by atoms with Crippen LogP contribution in [0.4, 0.5) is 0 Å². The van der Waals surface area contributed by atoms with E-state index < -0.39 is 11.4 Å². The molecule has 0 unspecified atom stereocenters. The second-order valence-corrected chi connectivity index (χ2v) is 5.43. The van der Waals surface area contributed by atoms with Gasteiger partial charge in [0.05, 0.1) is 5.21 Å². The summed E-state index contributed by atoms with van der Waals surface area (Å²) in [6.45, 7) is 7.48. The molecule has 1 saturated carbocycles. The van der Waals surface area contributed by atoms with Gasteiger partial charge in [-0.1, -0.05) is 19.9 Å². The molecule has 1 rings (SSSR count). The molecule has 4 heteroatoms. The molecule has 74 valence electrons. The van der Waals surface area contributed by atoms with E-state index in [2.05, 4.69) is 6.58 Å². The summed E-state index contributed by atoms with van der Waals surface area (Å²) in [7, 11) is 0. The van der Waals surface area contributed by atoms with Crippen molar-refractivity contribution in [1.82, 2.24) is 0 Å². The Bertz CT molecular complexity index is 252. The van der Waals surface area contributed by atoms with Crippen LogP contribution in [-0.4, -0.2) is 21.5 Å². The lowest BCUT2D eigenvalue weighted by molar-refractivity contribution is -0.142. The molecule has 0 spiro atoms. The van der Waals surface area contributed by atoms with Crippen LogP contribution in [0.15, 0.2) is 12.7 Å². The molecule has 0 saturated heterocycles. The number of aliphatic carboxylic acids is 1. The Morgan fingerprint density at radius 2 is 2.31 bits per heavy atom. The van der Waals surface area contributed by atoms with E-state index in [-0.39, 0.29) is 10.7 Å². The van der Waals surface area contributed by atoms with Crippen LogP contribution in [0.2, 0.25) is 0 Å². The molecule has 0 aromatic heterocycles. The van der Waals surface area contributed by atoms with Gasteiger partial charge in [-0.2, -0.15) is 0 Å². The third-order valence-corrected chi connectivity index (χ3v) is 4.76. The molecule has 2 atom stereocenters. The maximum absolute atomic E-state index is 11.1. The van der Waals surface area contributed by atoms with E-state index in [1.54, 1.807) is 6.08 Å². The summed E-state index contributed by atoms with van der Waals surface area (Å²) in [5.74, 6) is -0.796. The normalized spacial score (nSPS) is 35.5. The zero-order chi connectivity index (χ0) is 10.3. The zero-order valence-electron chi connectivity index (χ0n) is 7.71. The van der Waals surface area contributed by atoms with E-state index in [0.29, 0.717) is 5.21 Å². The first-order chi connectivity index (χ1) is 5.95. The van der Waals surface area contributed by atoms with Crippen molar-refractivity contribution in [1.29, 1.82) is 0 Å². The highest BCUT2D eigenvalue weighted by Crippen LogP contribution is 2.69. The van der Waals surface area contributed by atoms with Crippen LogP contribution in [0.5, 0.6) is 0 Å². The van der Waals surface area contributed by atoms with Crippen molar-refractivity contribution >= 4 is 29.3 Å². The topological polar surface area (TPSA) is 37.3 Å². The Labute approximate surface area is 87.3 Å². The molecule has 0 amide bonds. The van der Waals surface area contributed by atoms with E-state index >= 15 is 0 Å². The lowest BCUT2D eigenvalue weighted by Crippen LogP contribution is -2.18. The summed E-state index contributed by atoms with van der Waals surface area (Å²) in [5, 5.41) is 9.58. The number of halogens is 1. The zero-order valence-corrected chi connectivity index (χ0v) is 9.28. The third kappa shape index (κ3) is 1.21. The fraction of sp³-hybridized carbons (Fsp3) is 0.667. The Hall–Kier alpha value is -0.150. The maximum Gasteiger partial charge on any atom is 0.315 e. The first-order valence-electron chi connectivity index (χ1n) is 3.99. The molecular formula is C9H13ClO2S. The second kappa shape index (κ2) is 3.21. The van der Waals surface area contributed by atoms with Crippen LogP contribution >= 0.6 is 23.4 Å². The summed E-state index contributed by atoms with van der Waals surface area (Å²) >= 11 is 7.07. The highest BCUT2D eigenvalue weighted by Gasteiger charge is 2.74. The molecule has 0 heterocycles. The van der Waals surface area contributed by atoms with E-state index in [4.69, 9.17) is 16.7 Å². The number of alkyl halides is 1. The summed E-state index contributed by atoms with van der Waals surface area (Å²) in [6, 6.07) is 0. The van der Waals surface area contributed by atoms with Crippen molar-refractivity contribution < 1.29 is 9.90 Å². The smallest absolute Gasteiger partial charge is 0.315 e. The monoisotopic (exact) mass is 220 g/mol. The van der Waals surface area contributed by atoms with Crippen LogP contribution in [0.25, 0.3) is 0 Å². The second-order valence-electron chi connectivity index (χ2n) is 3.76. The average Bonchev–Trinajstić information content (AvgIpc) is 2.50. The molecule has 0 aliphatic heterocycles. The van der Waals surface area contributed by atoms with Gasteiger partial charge in [-0.25, -0.2) is 0 Å². The minimum Gasteiger partial charge on any atom is -0.481 e. The van der Waals surface area contributed by atoms with Crippen molar-refractivity contribution in [2.24, 2.45) is 10.8 Å². The lowest BCUT2D eigenvalue weighted by atomic mass is 9.96. The highest BCUT2D eigenvalue weighted by atomic mass is 35.5. The Kier molecular flexibility index (Phi) is 2.70. The molecule has 2 nitrogen and oxygen atoms in total. The largest absolute Gasteiger partial charge is 0.481 e. The molecule has 0 aromatic carbocycles. The average molecular weight is 221 g/mol. The predicted molar refractivity (Wildman–Crippen MR) is 56.1 cm³/mol. The van der Waals surface area contributed by atoms with Crippen LogP contribution in [0, 0.1) is 10.8 Å². The molecule has 1 N–H and O–H groups in total. The molecule has 13 heavy (non-hydrogen) atoms. The van der Waals surface area contributed by atoms with E-state index in [9.17, 15) is 4.79 Å². The fourth-order valence-electron chi connectivity index (χ4n) is 2.00. The van der Waals surface area contributed by atoms with Gasteiger partial charge >= 0.3 is 5.97 Å². The lowest BCUT2D eigenvalue weighted by Gasteiger charge is -2.07. The number of thioether (sulfide) groups is 1. The summed E-state index contributed by atoms with van der Waals surface area (Å²) in [5.41, 5.74) is -1.02. The van der Waals surface area contributed by atoms with Gasteiger partial charge in [-0.05, 0) is 5.41 Å². The van der Waals surface area contributed by atoms with E-state index in [1.807, 2.05) is 13.8 Å². The van der Waals surface area contributed by atoms with Gasteiger partial charge in [-0.15, -0.1) is 29.9 Å². The summed E-state index contributed by atoms with van der Waals surface area (Å²) in [4.78, 5) is 11.1. The summed E-state index contributed by atoms with van der Waals surface area (Å²) < 4.78 is 0. The molecule has 1 aliphatic rings. The molecule has 0 aromatic rings. The van der Waals surface area contributed by atoms with Crippen molar-refractivity contribution in [3.63, 3.8) is 0 Å². The van der Waals surface area contributed by atoms with E-state index in [1.165, 1.54) is 11.8 Å². The van der Waals surface area contributed by atoms with Gasteiger partial charge in [-0.3, -0.25) is 4.79 Å². The van der Waals surface area contributed by atoms with Crippen LogP contribution in [-0.2, 0) is 4.79 Å². The number of carbonyl (C=O) groups is 1. The van der Waals surface area contributed by atoms with Gasteiger partial charge in [0, 0.05) is 5.25 Å². The minimum absolute atomic E-state index is 0.0486. The van der Waals surface area contributed by atoms with Crippen molar-refractivity contribution in [2.75, 3.05) is 5.21 Å². The minimum atomic E-state index is -0.796. The first-order valence-corrected chi connectivity index (χ1v) is 5.58. The standard InChI is InChI=1S/C9H13ClO2S/c1-4-9(7(11)12)6(13-5-10)8(9,2)3/h4,6H,1,5H2,2-3H3,(H,11,12)/t6-,9+/m1/s1. The van der Waals surface area contributed by atoms with Crippen molar-refractivity contribution in [3.8, 4) is 0 Å². The molecule has 0 radical (unpaired) electrons. The van der Waals surface area contributed by atoms with Crippen molar-refractivity contribution in [3.05, 3.63) is 12.7 Å². The predicted octanol–water partition coefficient (Wildman–Crippen LogP) is 2.58. The van der Waals surface area contributed by atoms with Crippen molar-refractivity contribution in [2.45, 2.75) is 19.1 Å². The number of carboxylic acid groups (broad SMARTS) is 1. The third-order valence-electron chi connectivity index (χ3n) is 2.96. The SMILES string of the molecule is C=C[C@@]1(C(=O)O)[C@H](SCCl)C1(C)C. The highest BCUT2D eigenvalue weighted by molar-refractivity contribution is 8.01. The van der Waals surface area contributed by atoms with Gasteiger partial charge in [0.15, 0.2) is 0 Å². The van der Waals surface area contributed by atoms with E-state index in [0.717, 1.165) is 0 Å². The van der Waals surface area contributed by atoms with Crippen LogP contribution in [0.1, 0.15) is 13.8 Å². The number of carboxylic acids is 1. The number of rotatable bonds is 4. The Balaban J connectivity index is 2.92. The van der Waals surface area contributed by atoms with Gasteiger partial charge in [0.2, 0.25) is 0 Å². The van der Waals surface area contributed by atoms with Gasteiger partial charge in [0.25, 0.3) is 0 Å². The van der Waals surface area contributed by atoms with Crippen LogP contribution < -0.4 is 0 Å². The quantitative estimate of drug-likeness (QED) is 0.585.